The minimum absolute atomic E-state index is 0.0336. The van der Waals surface area contributed by atoms with Crippen molar-refractivity contribution in [3.63, 3.8) is 0 Å². The standard InChI is InChI=1S/C21H28N4O5S2/c26-21(24-8-10-29-11-9-24)16-6-3-7-25(13-16)32(27,28)18-12-17(14-31-18)19-22-20(30-23-19)15-4-1-2-5-15/h12,14-16H,1-11,13H2. The number of nitrogens with zero attached hydrogens (tertiary/aromatic N) is 4. The number of morpholine rings is 1. The number of aromatic nitrogens is 2. The molecule has 0 spiro atoms. The predicted molar refractivity (Wildman–Crippen MR) is 118 cm³/mol. The van der Waals surface area contributed by atoms with Crippen molar-refractivity contribution in [3.05, 3.63) is 17.3 Å². The molecule has 1 unspecified atom stereocenters. The second kappa shape index (κ2) is 9.20. The van der Waals surface area contributed by atoms with Crippen LogP contribution < -0.4 is 0 Å². The first-order chi connectivity index (χ1) is 15.5. The zero-order chi connectivity index (χ0) is 22.1. The molecule has 4 heterocycles. The van der Waals surface area contributed by atoms with Gasteiger partial charge < -0.3 is 14.2 Å². The van der Waals surface area contributed by atoms with Crippen LogP contribution >= 0.6 is 11.3 Å². The number of sulfonamides is 1. The smallest absolute Gasteiger partial charge is 0.252 e. The Morgan fingerprint density at radius 3 is 2.66 bits per heavy atom. The maximum absolute atomic E-state index is 13.3. The fourth-order valence-electron chi connectivity index (χ4n) is 4.79. The van der Waals surface area contributed by atoms with Crippen molar-refractivity contribution < 1.29 is 22.5 Å². The van der Waals surface area contributed by atoms with Crippen molar-refractivity contribution in [2.24, 2.45) is 5.92 Å². The summed E-state index contributed by atoms with van der Waals surface area (Å²) >= 11 is 1.16. The van der Waals surface area contributed by atoms with E-state index in [0.717, 1.165) is 24.2 Å². The maximum atomic E-state index is 13.3. The summed E-state index contributed by atoms with van der Waals surface area (Å²) in [5.74, 6) is 1.12. The molecule has 3 aliphatic rings. The summed E-state index contributed by atoms with van der Waals surface area (Å²) in [5.41, 5.74) is 0.652. The lowest BCUT2D eigenvalue weighted by atomic mass is 9.98. The summed E-state index contributed by atoms with van der Waals surface area (Å²) in [6.07, 6.45) is 5.86. The van der Waals surface area contributed by atoms with Crippen molar-refractivity contribution in [2.75, 3.05) is 39.4 Å². The zero-order valence-electron chi connectivity index (χ0n) is 17.9. The van der Waals surface area contributed by atoms with E-state index in [1.165, 1.54) is 17.1 Å². The second-order valence-corrected chi connectivity index (χ2v) is 11.8. The van der Waals surface area contributed by atoms with Gasteiger partial charge in [0.25, 0.3) is 10.0 Å². The van der Waals surface area contributed by atoms with Gasteiger partial charge in [0.2, 0.25) is 17.6 Å². The minimum atomic E-state index is -3.68. The number of carbonyl (C=O) groups excluding carboxylic acids is 1. The van der Waals surface area contributed by atoms with Crippen LogP contribution in [0.2, 0.25) is 0 Å². The van der Waals surface area contributed by atoms with E-state index < -0.39 is 10.0 Å². The first-order valence-electron chi connectivity index (χ1n) is 11.3. The van der Waals surface area contributed by atoms with E-state index >= 15 is 0 Å². The van der Waals surface area contributed by atoms with E-state index in [-0.39, 0.29) is 22.6 Å². The summed E-state index contributed by atoms with van der Waals surface area (Å²) in [6.45, 7) is 2.87. The third-order valence-corrected chi connectivity index (χ3v) is 9.91. The van der Waals surface area contributed by atoms with Crippen LogP contribution in [0.5, 0.6) is 0 Å². The Balaban J connectivity index is 1.29. The van der Waals surface area contributed by atoms with Crippen LogP contribution in [-0.2, 0) is 19.6 Å². The molecule has 0 radical (unpaired) electrons. The molecule has 11 heteroatoms. The summed E-state index contributed by atoms with van der Waals surface area (Å²) in [4.78, 5) is 19.2. The lowest BCUT2D eigenvalue weighted by Gasteiger charge is -2.35. The molecule has 9 nitrogen and oxygen atoms in total. The van der Waals surface area contributed by atoms with Crippen LogP contribution in [0.4, 0.5) is 0 Å². The lowest BCUT2D eigenvalue weighted by Crippen LogP contribution is -2.49. The molecule has 0 bridgehead atoms. The second-order valence-electron chi connectivity index (χ2n) is 8.73. The van der Waals surface area contributed by atoms with Crippen LogP contribution in [-0.4, -0.2) is 73.1 Å². The van der Waals surface area contributed by atoms with E-state index in [9.17, 15) is 13.2 Å². The summed E-state index contributed by atoms with van der Waals surface area (Å²) in [7, 11) is -3.68. The number of hydrogen-bond acceptors (Lipinski definition) is 8. The highest BCUT2D eigenvalue weighted by molar-refractivity contribution is 7.91. The van der Waals surface area contributed by atoms with Crippen LogP contribution in [0.3, 0.4) is 0 Å². The zero-order valence-corrected chi connectivity index (χ0v) is 19.6. The molecule has 174 valence electrons. The van der Waals surface area contributed by atoms with Gasteiger partial charge in [-0.15, -0.1) is 11.3 Å². The molecule has 1 amide bonds. The van der Waals surface area contributed by atoms with Crippen molar-refractivity contribution in [1.29, 1.82) is 0 Å². The van der Waals surface area contributed by atoms with Gasteiger partial charge in [0.1, 0.15) is 4.21 Å². The van der Waals surface area contributed by atoms with Gasteiger partial charge in [0, 0.05) is 43.0 Å². The van der Waals surface area contributed by atoms with Crippen LogP contribution in [0.1, 0.15) is 50.3 Å². The molecule has 1 saturated carbocycles. The van der Waals surface area contributed by atoms with Crippen LogP contribution in [0.15, 0.2) is 20.2 Å². The molecule has 2 aromatic heterocycles. The molecule has 2 aromatic rings. The number of ether oxygens (including phenoxy) is 1. The molecule has 2 saturated heterocycles. The van der Waals surface area contributed by atoms with Crippen molar-refractivity contribution in [3.8, 4) is 11.4 Å². The van der Waals surface area contributed by atoms with Gasteiger partial charge >= 0.3 is 0 Å². The summed E-state index contributed by atoms with van der Waals surface area (Å²) < 4.78 is 39.1. The highest BCUT2D eigenvalue weighted by Gasteiger charge is 2.36. The first kappa shape index (κ1) is 22.0. The minimum Gasteiger partial charge on any atom is -0.378 e. The molecular formula is C21H28N4O5S2. The fraction of sp³-hybridized carbons (Fsp3) is 0.667. The fourth-order valence-corrected chi connectivity index (χ4v) is 7.63. The first-order valence-corrected chi connectivity index (χ1v) is 13.6. The van der Waals surface area contributed by atoms with Crippen molar-refractivity contribution in [2.45, 2.75) is 48.7 Å². The van der Waals surface area contributed by atoms with Crippen LogP contribution in [0, 0.1) is 5.92 Å². The number of hydrogen-bond donors (Lipinski definition) is 0. The Labute approximate surface area is 191 Å². The molecule has 1 aliphatic carbocycles. The monoisotopic (exact) mass is 480 g/mol. The van der Waals surface area contributed by atoms with E-state index in [0.29, 0.717) is 68.9 Å². The molecule has 3 fully saturated rings. The van der Waals surface area contributed by atoms with Crippen molar-refractivity contribution in [1.82, 2.24) is 19.3 Å². The Hall–Kier alpha value is -1.82. The highest BCUT2D eigenvalue weighted by atomic mass is 32.2. The van der Waals surface area contributed by atoms with Gasteiger partial charge in [-0.1, -0.05) is 18.0 Å². The third kappa shape index (κ3) is 4.35. The molecule has 1 atom stereocenters. The number of piperidine rings is 1. The Morgan fingerprint density at radius 2 is 1.88 bits per heavy atom. The number of thiophene rings is 1. The third-order valence-electron chi connectivity index (χ3n) is 6.63. The van der Waals surface area contributed by atoms with Gasteiger partial charge in [-0.2, -0.15) is 9.29 Å². The normalized spacial score (nSPS) is 23.6. The molecule has 2 aliphatic heterocycles. The Kier molecular flexibility index (Phi) is 6.33. The molecule has 32 heavy (non-hydrogen) atoms. The van der Waals surface area contributed by atoms with Gasteiger partial charge in [0.05, 0.1) is 19.1 Å². The average Bonchev–Trinajstić information content (AvgIpc) is 3.60. The van der Waals surface area contributed by atoms with E-state index in [4.69, 9.17) is 9.26 Å². The Bertz CT molecular complexity index is 1050. The summed E-state index contributed by atoms with van der Waals surface area (Å²) in [5, 5.41) is 5.84. The molecule has 5 rings (SSSR count). The average molecular weight is 481 g/mol. The van der Waals surface area contributed by atoms with Gasteiger partial charge in [-0.05, 0) is 31.7 Å². The topological polar surface area (TPSA) is 106 Å². The summed E-state index contributed by atoms with van der Waals surface area (Å²) in [6, 6.07) is 1.62. The van der Waals surface area contributed by atoms with E-state index in [2.05, 4.69) is 10.1 Å². The maximum Gasteiger partial charge on any atom is 0.252 e. The molecule has 0 aromatic carbocycles. The molecular weight excluding hydrogens is 452 g/mol. The van der Waals surface area contributed by atoms with Crippen LogP contribution in [0.25, 0.3) is 11.4 Å². The SMILES string of the molecule is O=C(C1CCCN(S(=O)(=O)c2cc(-c3noc(C4CCCC4)n3)cs2)C1)N1CCOCC1. The Morgan fingerprint density at radius 1 is 1.09 bits per heavy atom. The van der Waals surface area contributed by atoms with Crippen molar-refractivity contribution >= 4 is 27.3 Å². The number of rotatable bonds is 5. The largest absolute Gasteiger partial charge is 0.378 e. The van der Waals surface area contributed by atoms with Gasteiger partial charge in [-0.3, -0.25) is 4.79 Å². The van der Waals surface area contributed by atoms with Gasteiger partial charge in [-0.25, -0.2) is 8.42 Å². The lowest BCUT2D eigenvalue weighted by molar-refractivity contribution is -0.140. The van der Waals surface area contributed by atoms with E-state index in [1.807, 2.05) is 0 Å². The number of amides is 1. The van der Waals surface area contributed by atoms with Gasteiger partial charge in [0.15, 0.2) is 0 Å². The molecule has 0 N–H and O–H groups in total. The quantitative estimate of drug-likeness (QED) is 0.648. The number of carbonyl (C=O) groups is 1. The highest BCUT2D eigenvalue weighted by Crippen LogP contribution is 2.35. The van der Waals surface area contributed by atoms with E-state index in [1.54, 1.807) is 16.3 Å². The predicted octanol–water partition coefficient (Wildman–Crippen LogP) is 2.72.